The van der Waals surface area contributed by atoms with Gasteiger partial charge in [0.1, 0.15) is 11.8 Å². The molecule has 0 spiro atoms. The van der Waals surface area contributed by atoms with Crippen molar-refractivity contribution >= 4 is 17.3 Å². The van der Waals surface area contributed by atoms with E-state index in [4.69, 9.17) is 4.98 Å². The highest BCUT2D eigenvalue weighted by atomic mass is 16.2. The first-order valence-corrected chi connectivity index (χ1v) is 12.6. The smallest absolute Gasteiger partial charge is 0.272 e. The monoisotopic (exact) mass is 480 g/mol. The first-order chi connectivity index (χ1) is 17.6. The van der Waals surface area contributed by atoms with Crippen LogP contribution in [0, 0.1) is 18.3 Å². The van der Waals surface area contributed by atoms with Crippen molar-refractivity contribution in [1.29, 1.82) is 5.26 Å². The molecule has 2 aliphatic heterocycles. The summed E-state index contributed by atoms with van der Waals surface area (Å²) in [5, 5.41) is 9.42. The second kappa shape index (κ2) is 10.8. The minimum Gasteiger partial charge on any atom is -0.368 e. The van der Waals surface area contributed by atoms with E-state index in [9.17, 15) is 10.1 Å². The molecule has 5 rings (SSSR count). The Morgan fingerprint density at radius 1 is 0.833 bits per heavy atom. The van der Waals surface area contributed by atoms with Crippen molar-refractivity contribution in [2.45, 2.75) is 13.5 Å². The predicted octanol–water partition coefficient (Wildman–Crippen LogP) is 3.55. The molecular formula is C29H32N6O. The molecule has 0 aliphatic carbocycles. The molecule has 0 bridgehead atoms. The number of benzene rings is 2. The van der Waals surface area contributed by atoms with E-state index in [1.54, 1.807) is 0 Å². The van der Waals surface area contributed by atoms with Crippen LogP contribution in [0.4, 0.5) is 11.4 Å². The third-order valence-electron chi connectivity index (χ3n) is 7.17. The van der Waals surface area contributed by atoms with E-state index < -0.39 is 0 Å². The predicted molar refractivity (Wildman–Crippen MR) is 142 cm³/mol. The highest BCUT2D eigenvalue weighted by molar-refractivity contribution is 5.94. The summed E-state index contributed by atoms with van der Waals surface area (Å²) in [6.07, 6.45) is 0. The largest absolute Gasteiger partial charge is 0.368 e. The molecule has 1 amide bonds. The van der Waals surface area contributed by atoms with Crippen LogP contribution < -0.4 is 9.80 Å². The summed E-state index contributed by atoms with van der Waals surface area (Å²) in [6.45, 7) is 9.24. The summed E-state index contributed by atoms with van der Waals surface area (Å²) < 4.78 is 0. The fraction of sp³-hybridized carbons (Fsp3) is 0.345. The Balaban J connectivity index is 1.19. The normalized spacial score (nSPS) is 16.6. The molecule has 2 saturated heterocycles. The number of carbonyl (C=O) groups excluding carboxylic acids is 1. The molecule has 7 heteroatoms. The van der Waals surface area contributed by atoms with Crippen molar-refractivity contribution in [2.24, 2.45) is 0 Å². The number of pyridine rings is 1. The van der Waals surface area contributed by atoms with Gasteiger partial charge in [0, 0.05) is 64.6 Å². The Bertz CT molecular complexity index is 1240. The Labute approximate surface area is 213 Å². The highest BCUT2D eigenvalue weighted by Gasteiger charge is 2.25. The van der Waals surface area contributed by atoms with Crippen LogP contribution in [0.15, 0.2) is 66.7 Å². The third kappa shape index (κ3) is 5.19. The van der Waals surface area contributed by atoms with Crippen LogP contribution in [0.1, 0.15) is 27.3 Å². The van der Waals surface area contributed by atoms with Crippen molar-refractivity contribution in [1.82, 2.24) is 14.8 Å². The van der Waals surface area contributed by atoms with Crippen LogP contribution >= 0.6 is 0 Å². The Morgan fingerprint density at radius 2 is 1.50 bits per heavy atom. The van der Waals surface area contributed by atoms with E-state index >= 15 is 0 Å². The lowest BCUT2D eigenvalue weighted by Crippen LogP contribution is -2.49. The molecule has 0 radical (unpaired) electrons. The molecule has 2 aliphatic rings. The second-order valence-corrected chi connectivity index (χ2v) is 9.48. The first-order valence-electron chi connectivity index (χ1n) is 12.6. The molecule has 1 aromatic heterocycles. The number of nitrogens with zero attached hydrogens (tertiary/aromatic N) is 6. The number of carbonyl (C=O) groups is 1. The zero-order valence-electron chi connectivity index (χ0n) is 20.8. The molecule has 2 fully saturated rings. The topological polar surface area (TPSA) is 66.7 Å². The summed E-state index contributed by atoms with van der Waals surface area (Å²) in [5.41, 5.74) is 5.36. The number of hydrogen-bond donors (Lipinski definition) is 0. The van der Waals surface area contributed by atoms with Gasteiger partial charge in [-0.3, -0.25) is 9.69 Å². The molecular weight excluding hydrogens is 448 g/mol. The van der Waals surface area contributed by atoms with E-state index in [1.165, 1.54) is 5.69 Å². The third-order valence-corrected chi connectivity index (χ3v) is 7.17. The molecule has 7 nitrogen and oxygen atoms in total. The van der Waals surface area contributed by atoms with Gasteiger partial charge < -0.3 is 14.7 Å². The number of nitriles is 1. The number of hydrogen-bond acceptors (Lipinski definition) is 6. The molecule has 2 aromatic carbocycles. The Morgan fingerprint density at radius 3 is 2.22 bits per heavy atom. The van der Waals surface area contributed by atoms with Gasteiger partial charge in [0.25, 0.3) is 5.91 Å². The highest BCUT2D eigenvalue weighted by Crippen LogP contribution is 2.22. The summed E-state index contributed by atoms with van der Waals surface area (Å²) in [4.78, 5) is 27.1. The zero-order chi connectivity index (χ0) is 24.9. The maximum absolute atomic E-state index is 13.4. The van der Waals surface area contributed by atoms with Crippen LogP contribution in [0.3, 0.4) is 0 Å². The van der Waals surface area contributed by atoms with Gasteiger partial charge in [-0.05, 0) is 42.8 Å². The minimum atomic E-state index is 0.0278. The van der Waals surface area contributed by atoms with Gasteiger partial charge in [-0.15, -0.1) is 0 Å². The zero-order valence-corrected chi connectivity index (χ0v) is 20.8. The van der Waals surface area contributed by atoms with Crippen molar-refractivity contribution in [3.8, 4) is 6.07 Å². The average Bonchev–Trinajstić information content (AvgIpc) is 2.94. The average molecular weight is 481 g/mol. The van der Waals surface area contributed by atoms with Gasteiger partial charge in [-0.2, -0.15) is 5.26 Å². The molecule has 0 atom stereocenters. The minimum absolute atomic E-state index is 0.0278. The maximum atomic E-state index is 13.4. The van der Waals surface area contributed by atoms with Crippen LogP contribution in [0.2, 0.25) is 0 Å². The summed E-state index contributed by atoms with van der Waals surface area (Å²) in [5.74, 6) is 0.0278. The van der Waals surface area contributed by atoms with Gasteiger partial charge in [0.2, 0.25) is 0 Å². The van der Waals surface area contributed by atoms with E-state index in [2.05, 4.69) is 45.0 Å². The molecule has 3 aromatic rings. The molecule has 0 saturated carbocycles. The van der Waals surface area contributed by atoms with E-state index in [0.29, 0.717) is 18.8 Å². The van der Waals surface area contributed by atoms with Crippen LogP contribution in [0.25, 0.3) is 0 Å². The van der Waals surface area contributed by atoms with Gasteiger partial charge in [0.15, 0.2) is 0 Å². The van der Waals surface area contributed by atoms with E-state index in [-0.39, 0.29) is 5.91 Å². The first kappa shape index (κ1) is 23.8. The van der Waals surface area contributed by atoms with Gasteiger partial charge in [0.05, 0.1) is 16.9 Å². The Hall–Kier alpha value is -3.89. The van der Waals surface area contributed by atoms with Crippen molar-refractivity contribution < 1.29 is 4.79 Å². The van der Waals surface area contributed by atoms with Crippen molar-refractivity contribution in [2.75, 3.05) is 62.2 Å². The number of amides is 1. The fourth-order valence-corrected chi connectivity index (χ4v) is 5.05. The number of aromatic nitrogens is 1. The number of aryl methyl sites for hydroxylation is 1. The molecule has 0 N–H and O–H groups in total. The summed E-state index contributed by atoms with van der Waals surface area (Å²) in [6, 6.07) is 24.5. The van der Waals surface area contributed by atoms with Crippen LogP contribution in [0.5, 0.6) is 0 Å². The standard InChI is InChI=1S/C29H32N6O/c1-23-11-12-25(22-32-13-15-34(16-14-32)27-10-6-5-7-24(27)21-30)31-28(23)29(36)35-19-17-33(18-20-35)26-8-3-2-4-9-26/h2-12H,13-20,22H2,1H3. The van der Waals surface area contributed by atoms with E-state index in [1.807, 2.05) is 54.3 Å². The second-order valence-electron chi connectivity index (χ2n) is 9.48. The molecule has 3 heterocycles. The molecule has 36 heavy (non-hydrogen) atoms. The maximum Gasteiger partial charge on any atom is 0.272 e. The summed E-state index contributed by atoms with van der Waals surface area (Å²) in [7, 11) is 0. The Kier molecular flexibility index (Phi) is 7.15. The van der Waals surface area contributed by atoms with Crippen molar-refractivity contribution in [3.63, 3.8) is 0 Å². The number of anilines is 2. The van der Waals surface area contributed by atoms with Gasteiger partial charge >= 0.3 is 0 Å². The number of rotatable bonds is 5. The number of para-hydroxylation sites is 2. The molecule has 184 valence electrons. The quantitative estimate of drug-likeness (QED) is 0.557. The van der Waals surface area contributed by atoms with Crippen LogP contribution in [-0.2, 0) is 6.54 Å². The summed E-state index contributed by atoms with van der Waals surface area (Å²) >= 11 is 0. The fourth-order valence-electron chi connectivity index (χ4n) is 5.05. The van der Waals surface area contributed by atoms with Gasteiger partial charge in [-0.1, -0.05) is 36.4 Å². The van der Waals surface area contributed by atoms with Crippen molar-refractivity contribution in [3.05, 3.63) is 89.2 Å². The lowest BCUT2D eigenvalue weighted by molar-refractivity contribution is 0.0739. The number of piperazine rings is 2. The lowest BCUT2D eigenvalue weighted by atomic mass is 10.1. The SMILES string of the molecule is Cc1ccc(CN2CCN(c3ccccc3C#N)CC2)nc1C(=O)N1CCN(c2ccccc2)CC1. The van der Waals surface area contributed by atoms with Gasteiger partial charge in [-0.25, -0.2) is 4.98 Å². The van der Waals surface area contributed by atoms with E-state index in [0.717, 1.165) is 68.3 Å². The van der Waals surface area contributed by atoms with Crippen LogP contribution in [-0.4, -0.2) is 73.0 Å². The lowest BCUT2D eigenvalue weighted by Gasteiger charge is -2.36. The molecule has 0 unspecified atom stereocenters.